The van der Waals surface area contributed by atoms with Gasteiger partial charge in [-0.15, -0.1) is 0 Å². The van der Waals surface area contributed by atoms with Gasteiger partial charge >= 0.3 is 0 Å². The Morgan fingerprint density at radius 3 is 2.62 bits per heavy atom. The Morgan fingerprint density at radius 1 is 1.25 bits per heavy atom. The Hall–Kier alpha value is -3.61. The molecule has 2 aliphatic heterocycles. The number of carbonyl (C=O) groups is 3. The zero-order valence-electron chi connectivity index (χ0n) is 22.6. The summed E-state index contributed by atoms with van der Waals surface area (Å²) in [5.41, 5.74) is 3.46. The Labute approximate surface area is 230 Å². The number of anilines is 1. The number of nitrogens with one attached hydrogen (secondary N) is 2. The molecule has 1 saturated carbocycles. The highest BCUT2D eigenvalue weighted by atomic mass is 16.5. The Balaban J connectivity index is 1.57. The third kappa shape index (κ3) is 3.20. The van der Waals surface area contributed by atoms with E-state index in [9.17, 15) is 34.8 Å². The summed E-state index contributed by atoms with van der Waals surface area (Å²) in [6.07, 6.45) is 1.16. The first-order chi connectivity index (χ1) is 19.0. The second kappa shape index (κ2) is 8.95. The number of hydrogen-bond donors (Lipinski definition) is 7. The number of primary amides is 1. The average molecular weight is 555 g/mol. The Morgan fingerprint density at radius 2 is 1.98 bits per heavy atom. The summed E-state index contributed by atoms with van der Waals surface area (Å²) in [6, 6.07) is -1.17. The van der Waals surface area contributed by atoms with E-state index >= 15 is 0 Å². The standard InChI is InChI=1S/C28H34N4O8/c1-4-32(2)20-13-8-11-7-12-15(22(34)19-16(24(12)40-3)18-10(9-31-19)5-6-30-18)21(33)14(11)25(36)28(13,39)26(37)17(23(20)35)27(29)38/h10-11,13,18,20,30-31,33-34,37,39H,4-9H2,1-3H3,(H2,29,38)/t10?,11-,13-,18?,20-,28-/m0/s1. The van der Waals surface area contributed by atoms with E-state index in [1.54, 1.807) is 18.9 Å². The molecule has 0 aromatic heterocycles. The quantitative estimate of drug-likeness (QED) is 0.202. The lowest BCUT2D eigenvalue weighted by molar-refractivity contribution is -0.154. The van der Waals surface area contributed by atoms with Crippen LogP contribution < -0.4 is 21.1 Å². The molecule has 1 saturated heterocycles. The van der Waals surface area contributed by atoms with Gasteiger partial charge in [-0.3, -0.25) is 19.3 Å². The predicted molar refractivity (Wildman–Crippen MR) is 143 cm³/mol. The molecule has 0 radical (unpaired) electrons. The molecule has 1 aromatic rings. The first-order valence-corrected chi connectivity index (χ1v) is 13.6. The van der Waals surface area contributed by atoms with Crippen LogP contribution in [0.4, 0.5) is 5.69 Å². The maximum absolute atomic E-state index is 14.1. The van der Waals surface area contributed by atoms with Crippen LogP contribution in [0.1, 0.15) is 42.5 Å². The van der Waals surface area contributed by atoms with Crippen molar-refractivity contribution in [1.29, 1.82) is 0 Å². The van der Waals surface area contributed by atoms with E-state index in [1.807, 2.05) is 0 Å². The molecule has 6 rings (SSSR count). The SMILES string of the molecule is CCN(C)[C@@H]1C(=O)C(C(N)=O)=C(O)[C@@]2(O)C(=O)C3=C(O)c4c(O)c5c(c(OC)c4C[C@H]3C[C@@H]12)C1NCCC1CN5. The number of ether oxygens (including phenoxy) is 1. The molecule has 8 N–H and O–H groups in total. The summed E-state index contributed by atoms with van der Waals surface area (Å²) >= 11 is 0. The minimum atomic E-state index is -2.67. The van der Waals surface area contributed by atoms with Gasteiger partial charge in [-0.25, -0.2) is 0 Å². The Kier molecular flexibility index (Phi) is 5.95. The van der Waals surface area contributed by atoms with Crippen molar-refractivity contribution in [2.24, 2.45) is 23.5 Å². The Bertz CT molecular complexity index is 1430. The van der Waals surface area contributed by atoms with Gasteiger partial charge < -0.3 is 41.5 Å². The van der Waals surface area contributed by atoms with Crippen molar-refractivity contribution in [2.75, 3.05) is 39.1 Å². The van der Waals surface area contributed by atoms with Gasteiger partial charge in [-0.1, -0.05) is 6.92 Å². The number of rotatable bonds is 4. The number of carbonyl (C=O) groups excluding carboxylic acids is 3. The molecule has 12 heteroatoms. The van der Waals surface area contributed by atoms with Crippen LogP contribution in [0.3, 0.4) is 0 Å². The van der Waals surface area contributed by atoms with Gasteiger partial charge in [-0.05, 0) is 51.2 Å². The molecule has 3 aliphatic carbocycles. The van der Waals surface area contributed by atoms with Crippen LogP contribution in [0, 0.1) is 17.8 Å². The number of ketones is 2. The van der Waals surface area contributed by atoms with E-state index in [2.05, 4.69) is 10.6 Å². The number of benzene rings is 1. The molecule has 6 atom stereocenters. The molecular formula is C28H34N4O8. The van der Waals surface area contributed by atoms with Crippen molar-refractivity contribution in [1.82, 2.24) is 10.2 Å². The fourth-order valence-electron chi connectivity index (χ4n) is 7.73. The number of nitrogens with zero attached hydrogens (tertiary/aromatic N) is 1. The van der Waals surface area contributed by atoms with Gasteiger partial charge in [-0.2, -0.15) is 0 Å². The molecule has 2 fully saturated rings. The maximum Gasteiger partial charge on any atom is 0.255 e. The molecule has 1 amide bonds. The lowest BCUT2D eigenvalue weighted by atomic mass is 9.57. The number of aliphatic hydroxyl groups is 3. The number of fused-ring (bicyclic) bond motifs is 6. The smallest absolute Gasteiger partial charge is 0.255 e. The summed E-state index contributed by atoms with van der Waals surface area (Å²) in [5, 5.41) is 52.6. The number of Topliss-reactive ketones (excluding diaryl/α,β-unsaturated/α-hetero) is 2. The van der Waals surface area contributed by atoms with E-state index in [1.165, 1.54) is 7.11 Å². The van der Waals surface area contributed by atoms with Crippen molar-refractivity contribution in [3.05, 3.63) is 33.6 Å². The molecular weight excluding hydrogens is 520 g/mol. The maximum atomic E-state index is 14.1. The van der Waals surface area contributed by atoms with Gasteiger partial charge in [0.05, 0.1) is 24.4 Å². The van der Waals surface area contributed by atoms with Gasteiger partial charge in [0.25, 0.3) is 5.91 Å². The fourth-order valence-corrected chi connectivity index (χ4v) is 7.73. The number of phenolic OH excluding ortho intramolecular Hbond substituents is 1. The number of amides is 1. The highest BCUT2D eigenvalue weighted by molar-refractivity contribution is 6.24. The molecule has 0 bridgehead atoms. The van der Waals surface area contributed by atoms with Gasteiger partial charge in [0.1, 0.15) is 22.8 Å². The van der Waals surface area contributed by atoms with Crippen LogP contribution in [-0.2, 0) is 20.8 Å². The molecule has 2 unspecified atom stereocenters. The minimum absolute atomic E-state index is 0.0221. The number of nitrogens with two attached hydrogens (primary N) is 1. The number of phenols is 1. The lowest BCUT2D eigenvalue weighted by Gasteiger charge is -2.50. The molecule has 5 aliphatic rings. The van der Waals surface area contributed by atoms with Crippen LogP contribution in [0.15, 0.2) is 16.9 Å². The topological polar surface area (TPSA) is 195 Å². The van der Waals surface area contributed by atoms with Gasteiger partial charge in [0.15, 0.2) is 17.1 Å². The highest BCUT2D eigenvalue weighted by Crippen LogP contribution is 2.58. The largest absolute Gasteiger partial charge is 0.508 e. The molecule has 2 heterocycles. The second-order valence-corrected chi connectivity index (χ2v) is 11.5. The predicted octanol–water partition coefficient (Wildman–Crippen LogP) is 0.439. The van der Waals surface area contributed by atoms with Crippen molar-refractivity contribution in [3.8, 4) is 11.5 Å². The number of aromatic hydroxyl groups is 1. The summed E-state index contributed by atoms with van der Waals surface area (Å²) in [5.74, 6) is -5.91. The second-order valence-electron chi connectivity index (χ2n) is 11.5. The van der Waals surface area contributed by atoms with E-state index in [0.29, 0.717) is 36.0 Å². The number of hydrogen-bond acceptors (Lipinski definition) is 11. The first kappa shape index (κ1) is 26.6. The number of aliphatic hydroxyl groups excluding tert-OH is 2. The van der Waals surface area contributed by atoms with Crippen LogP contribution >= 0.6 is 0 Å². The normalized spacial score (nSPS) is 32.7. The van der Waals surface area contributed by atoms with Crippen LogP contribution in [0.2, 0.25) is 0 Å². The van der Waals surface area contributed by atoms with Crippen LogP contribution in [0.5, 0.6) is 11.5 Å². The zero-order chi connectivity index (χ0) is 28.8. The molecule has 214 valence electrons. The van der Waals surface area contributed by atoms with Gasteiger partial charge in [0, 0.05) is 35.2 Å². The van der Waals surface area contributed by atoms with Crippen molar-refractivity contribution >= 4 is 28.9 Å². The van der Waals surface area contributed by atoms with Crippen LogP contribution in [0.25, 0.3) is 5.76 Å². The van der Waals surface area contributed by atoms with E-state index in [4.69, 9.17) is 10.5 Å². The average Bonchev–Trinajstić information content (AvgIpc) is 3.40. The molecule has 12 nitrogen and oxygen atoms in total. The highest BCUT2D eigenvalue weighted by Gasteiger charge is 2.64. The van der Waals surface area contributed by atoms with Crippen molar-refractivity contribution < 1.29 is 39.5 Å². The zero-order valence-corrected chi connectivity index (χ0v) is 22.6. The lowest BCUT2D eigenvalue weighted by Crippen LogP contribution is -2.66. The third-order valence-electron chi connectivity index (χ3n) is 9.70. The first-order valence-electron chi connectivity index (χ1n) is 13.6. The van der Waals surface area contributed by atoms with E-state index < -0.39 is 58.0 Å². The summed E-state index contributed by atoms with van der Waals surface area (Å²) < 4.78 is 5.89. The number of likely N-dealkylation sites (N-methyl/N-ethyl adjacent to an activating group) is 1. The fraction of sp³-hybridized carbons (Fsp3) is 0.536. The minimum Gasteiger partial charge on any atom is -0.508 e. The van der Waals surface area contributed by atoms with E-state index in [-0.39, 0.29) is 35.8 Å². The molecule has 1 aromatic carbocycles. The van der Waals surface area contributed by atoms with Gasteiger partial charge in [0.2, 0.25) is 5.78 Å². The summed E-state index contributed by atoms with van der Waals surface area (Å²) in [7, 11) is 3.14. The third-order valence-corrected chi connectivity index (χ3v) is 9.70. The van der Waals surface area contributed by atoms with Crippen LogP contribution in [-0.4, -0.2) is 88.2 Å². The molecule has 40 heavy (non-hydrogen) atoms. The summed E-state index contributed by atoms with van der Waals surface area (Å²) in [6.45, 7) is 3.55. The van der Waals surface area contributed by atoms with E-state index in [0.717, 1.165) is 18.5 Å². The van der Waals surface area contributed by atoms with Crippen molar-refractivity contribution in [3.63, 3.8) is 0 Å². The monoisotopic (exact) mass is 554 g/mol. The summed E-state index contributed by atoms with van der Waals surface area (Å²) in [4.78, 5) is 41.3. The molecule has 0 spiro atoms. The number of methoxy groups -OCH3 is 1. The van der Waals surface area contributed by atoms with Crippen molar-refractivity contribution in [2.45, 2.75) is 43.9 Å².